The molecule has 0 atom stereocenters. The van der Waals surface area contributed by atoms with Gasteiger partial charge in [-0.1, -0.05) is 0 Å². The Bertz CT molecular complexity index is 439. The Kier molecular flexibility index (Phi) is 3.77. The summed E-state index contributed by atoms with van der Waals surface area (Å²) in [5, 5.41) is 14.5. The van der Waals surface area contributed by atoms with Gasteiger partial charge in [0, 0.05) is 18.8 Å². The molecule has 2 heterocycles. The molecule has 7 heteroatoms. The average molecular weight is 279 g/mol. The van der Waals surface area contributed by atoms with Gasteiger partial charge in [0.25, 0.3) is 0 Å². The van der Waals surface area contributed by atoms with E-state index in [4.69, 9.17) is 4.74 Å². The zero-order valence-electron chi connectivity index (χ0n) is 11.7. The molecule has 3 rings (SSSR count). The highest BCUT2D eigenvalue weighted by molar-refractivity contribution is 5.49. The largest absolute Gasteiger partial charge is 0.609 e. The molecule has 0 bridgehead atoms. The molecule has 0 radical (unpaired) electrons. The number of benzene rings is 1. The summed E-state index contributed by atoms with van der Waals surface area (Å²) in [5.41, 5.74) is 6.99. The second-order valence-electron chi connectivity index (χ2n) is 5.15. The van der Waals surface area contributed by atoms with E-state index in [2.05, 4.69) is 27.9 Å². The maximum atomic E-state index is 12.5. The third-order valence-corrected chi connectivity index (χ3v) is 3.99. The number of hydrazine groups is 1. The minimum atomic E-state index is -0.309. The molecule has 1 aromatic carbocycles. The SMILES string of the molecule is COc1ccc(N2CCN([N+]3([O-])CNNC3)CC2)cc1. The number of nitrogens with one attached hydrogen (secondary N) is 2. The molecule has 0 saturated carbocycles. The Hall–Kier alpha value is -1.38. The molecule has 0 aliphatic carbocycles. The first-order valence-corrected chi connectivity index (χ1v) is 6.89. The minimum Gasteiger partial charge on any atom is -0.609 e. The van der Waals surface area contributed by atoms with E-state index >= 15 is 0 Å². The summed E-state index contributed by atoms with van der Waals surface area (Å²) in [7, 11) is 1.67. The summed E-state index contributed by atoms with van der Waals surface area (Å²) in [5.74, 6) is 0.866. The fourth-order valence-corrected chi connectivity index (χ4v) is 2.73. The van der Waals surface area contributed by atoms with E-state index in [1.54, 1.807) is 7.11 Å². The maximum Gasteiger partial charge on any atom is 0.164 e. The van der Waals surface area contributed by atoms with Crippen LogP contribution < -0.4 is 20.5 Å². The highest BCUT2D eigenvalue weighted by atomic mass is 16.6. The molecule has 2 N–H and O–H groups in total. The summed E-state index contributed by atoms with van der Waals surface area (Å²) in [6, 6.07) is 8.07. The fraction of sp³-hybridized carbons (Fsp3) is 0.538. The number of nitrogens with zero attached hydrogens (tertiary/aromatic N) is 3. The van der Waals surface area contributed by atoms with Crippen LogP contribution in [0, 0.1) is 5.21 Å². The van der Waals surface area contributed by atoms with Crippen LogP contribution in [-0.2, 0) is 0 Å². The van der Waals surface area contributed by atoms with Gasteiger partial charge < -0.3 is 14.8 Å². The molecule has 110 valence electrons. The van der Waals surface area contributed by atoms with Gasteiger partial charge in [0.1, 0.15) is 5.75 Å². The monoisotopic (exact) mass is 279 g/mol. The zero-order valence-corrected chi connectivity index (χ0v) is 11.7. The van der Waals surface area contributed by atoms with Crippen molar-refractivity contribution < 1.29 is 9.49 Å². The number of rotatable bonds is 3. The van der Waals surface area contributed by atoms with E-state index < -0.39 is 0 Å². The summed E-state index contributed by atoms with van der Waals surface area (Å²) in [6.07, 6.45) is 0. The summed E-state index contributed by atoms with van der Waals surface area (Å²) >= 11 is 0. The van der Waals surface area contributed by atoms with Gasteiger partial charge in [-0.2, -0.15) is 0 Å². The van der Waals surface area contributed by atoms with E-state index in [1.165, 1.54) is 5.69 Å². The highest BCUT2D eigenvalue weighted by Gasteiger charge is 2.33. The lowest BCUT2D eigenvalue weighted by molar-refractivity contribution is -0.986. The first-order valence-electron chi connectivity index (χ1n) is 6.89. The molecular weight excluding hydrogens is 258 g/mol. The van der Waals surface area contributed by atoms with Crippen LogP contribution in [0.15, 0.2) is 24.3 Å². The lowest BCUT2D eigenvalue weighted by atomic mass is 10.2. The minimum absolute atomic E-state index is 0.309. The standard InChI is InChI=1S/C13H21N5O2/c1-20-13-4-2-12(3-5-13)16-6-8-17(9-7-16)18(19)10-14-15-11-18/h2-5,14-15H,6-11H2,1H3. The lowest BCUT2D eigenvalue weighted by Crippen LogP contribution is -2.61. The number of hydroxylamine groups is 2. The molecule has 0 unspecified atom stereocenters. The fourth-order valence-electron chi connectivity index (χ4n) is 2.73. The number of anilines is 1. The first kappa shape index (κ1) is 13.6. The topological polar surface area (TPSA) is 62.8 Å². The number of ether oxygens (including phenoxy) is 1. The maximum absolute atomic E-state index is 12.5. The number of quaternary nitrogens is 1. The van der Waals surface area contributed by atoms with Gasteiger partial charge in [-0.05, 0) is 24.3 Å². The van der Waals surface area contributed by atoms with E-state index in [0.29, 0.717) is 13.3 Å². The van der Waals surface area contributed by atoms with E-state index in [0.717, 1.165) is 31.9 Å². The molecule has 0 spiro atoms. The van der Waals surface area contributed by atoms with Crippen LogP contribution in [-0.4, -0.2) is 56.4 Å². The van der Waals surface area contributed by atoms with Gasteiger partial charge in [-0.25, -0.2) is 10.9 Å². The highest BCUT2D eigenvalue weighted by Crippen LogP contribution is 2.22. The Balaban J connectivity index is 1.60. The molecular formula is C13H21N5O2. The third kappa shape index (κ3) is 2.58. The van der Waals surface area contributed by atoms with Crippen LogP contribution in [0.1, 0.15) is 0 Å². The van der Waals surface area contributed by atoms with Gasteiger partial charge in [-0.15, -0.1) is 5.01 Å². The second kappa shape index (κ2) is 5.55. The number of hydrogen-bond acceptors (Lipinski definition) is 6. The number of methoxy groups -OCH3 is 1. The van der Waals surface area contributed by atoms with Crippen LogP contribution in [0.25, 0.3) is 0 Å². The van der Waals surface area contributed by atoms with Crippen molar-refractivity contribution in [3.05, 3.63) is 29.5 Å². The molecule has 2 aliphatic heterocycles. The summed E-state index contributed by atoms with van der Waals surface area (Å²) in [6.45, 7) is 4.10. The predicted octanol–water partition coefficient (Wildman–Crippen LogP) is 0.0696. The molecule has 0 aromatic heterocycles. The lowest BCUT2D eigenvalue weighted by Gasteiger charge is -2.48. The van der Waals surface area contributed by atoms with Crippen LogP contribution >= 0.6 is 0 Å². The van der Waals surface area contributed by atoms with E-state index in [-0.39, 0.29) is 4.76 Å². The van der Waals surface area contributed by atoms with Crippen molar-refractivity contribution in [1.82, 2.24) is 15.9 Å². The molecule has 1 aromatic rings. The van der Waals surface area contributed by atoms with Crippen molar-refractivity contribution >= 4 is 5.69 Å². The van der Waals surface area contributed by atoms with Gasteiger partial charge >= 0.3 is 0 Å². The van der Waals surface area contributed by atoms with Gasteiger partial charge in [0.2, 0.25) is 0 Å². The van der Waals surface area contributed by atoms with Gasteiger partial charge in [-0.3, -0.25) is 4.76 Å². The molecule has 2 fully saturated rings. The van der Waals surface area contributed by atoms with Crippen molar-refractivity contribution in [2.45, 2.75) is 0 Å². The van der Waals surface area contributed by atoms with Crippen LogP contribution in [0.4, 0.5) is 5.69 Å². The smallest absolute Gasteiger partial charge is 0.164 e. The first-order chi connectivity index (χ1) is 9.71. The van der Waals surface area contributed by atoms with Crippen molar-refractivity contribution in [3.8, 4) is 5.75 Å². The van der Waals surface area contributed by atoms with Crippen LogP contribution in [0.5, 0.6) is 5.75 Å². The number of hydrogen-bond donors (Lipinski definition) is 2. The van der Waals surface area contributed by atoms with Crippen LogP contribution in [0.3, 0.4) is 0 Å². The zero-order chi connectivity index (χ0) is 14.0. The van der Waals surface area contributed by atoms with Gasteiger partial charge in [0.15, 0.2) is 13.3 Å². The summed E-state index contributed by atoms with van der Waals surface area (Å²) < 4.78 is 4.86. The normalized spacial score (nSPS) is 23.0. The van der Waals surface area contributed by atoms with Crippen molar-refractivity contribution in [2.24, 2.45) is 0 Å². The third-order valence-electron chi connectivity index (χ3n) is 3.99. The van der Waals surface area contributed by atoms with Crippen LogP contribution in [0.2, 0.25) is 0 Å². The second-order valence-corrected chi connectivity index (χ2v) is 5.15. The molecule has 20 heavy (non-hydrogen) atoms. The number of piperazine rings is 1. The molecule has 7 nitrogen and oxygen atoms in total. The van der Waals surface area contributed by atoms with Crippen molar-refractivity contribution in [1.29, 1.82) is 0 Å². The van der Waals surface area contributed by atoms with Crippen molar-refractivity contribution in [2.75, 3.05) is 51.5 Å². The summed E-state index contributed by atoms with van der Waals surface area (Å²) in [4.78, 5) is 2.30. The molecule has 2 aliphatic rings. The average Bonchev–Trinajstić information content (AvgIpc) is 2.96. The quantitative estimate of drug-likeness (QED) is 0.603. The Morgan fingerprint density at radius 1 is 1.05 bits per heavy atom. The Labute approximate surface area is 118 Å². The predicted molar refractivity (Wildman–Crippen MR) is 76.4 cm³/mol. The Morgan fingerprint density at radius 2 is 1.65 bits per heavy atom. The molecule has 0 amide bonds. The molecule has 2 saturated heterocycles. The van der Waals surface area contributed by atoms with E-state index in [1.807, 2.05) is 17.1 Å². The Morgan fingerprint density at radius 3 is 2.20 bits per heavy atom. The van der Waals surface area contributed by atoms with Gasteiger partial charge in [0.05, 0.1) is 20.2 Å². The van der Waals surface area contributed by atoms with E-state index in [9.17, 15) is 5.21 Å². The van der Waals surface area contributed by atoms with Crippen molar-refractivity contribution in [3.63, 3.8) is 0 Å².